The van der Waals surface area contributed by atoms with Gasteiger partial charge in [-0.15, -0.1) is 0 Å². The van der Waals surface area contributed by atoms with E-state index in [-0.39, 0.29) is 18.7 Å². The molecule has 1 fully saturated rings. The number of aryl methyl sites for hydroxylation is 1. The molecule has 1 aliphatic rings. The Balaban J connectivity index is 1.93. The maximum absolute atomic E-state index is 11.6. The molecule has 1 aliphatic heterocycles. The largest absolute Gasteiger partial charge is 0.495 e. The van der Waals surface area contributed by atoms with E-state index in [0.717, 1.165) is 23.1 Å². The number of ether oxygens (including phenoxy) is 4. The summed E-state index contributed by atoms with van der Waals surface area (Å²) < 4.78 is 22.4. The fraction of sp³-hybridized carbons (Fsp3) is 0.444. The summed E-state index contributed by atoms with van der Waals surface area (Å²) in [5, 5.41) is 9.83. The second kappa shape index (κ2) is 11.7. The first-order chi connectivity index (χ1) is 16.3. The van der Waals surface area contributed by atoms with Gasteiger partial charge in [0.2, 0.25) is 0 Å². The predicted molar refractivity (Wildman–Crippen MR) is 125 cm³/mol. The first-order valence-electron chi connectivity index (χ1n) is 11.5. The van der Waals surface area contributed by atoms with Crippen molar-refractivity contribution in [2.24, 2.45) is 0 Å². The Morgan fingerprint density at radius 3 is 2.38 bits per heavy atom. The first kappa shape index (κ1) is 25.3. The highest BCUT2D eigenvalue weighted by atomic mass is 16.6. The number of carbonyl (C=O) groups excluding carboxylic acids is 2. The number of methoxy groups -OCH3 is 1. The Labute approximate surface area is 200 Å². The summed E-state index contributed by atoms with van der Waals surface area (Å²) in [6, 6.07) is 14.4. The molecule has 34 heavy (non-hydrogen) atoms. The Kier molecular flexibility index (Phi) is 8.67. The van der Waals surface area contributed by atoms with Crippen LogP contribution in [0.2, 0.25) is 0 Å². The molecule has 2 aromatic carbocycles. The lowest BCUT2D eigenvalue weighted by Crippen LogP contribution is -2.36. The summed E-state index contributed by atoms with van der Waals surface area (Å²) >= 11 is 0. The lowest BCUT2D eigenvalue weighted by Gasteiger charge is -2.35. The molecule has 0 amide bonds. The SMILES string of the molecule is CCc1ccc(Cc2cc([C@H]3C[C@@H](OC(C)=O)C[C@@H](COC(C)=O)O3)cc(OC)c2C#N)cc1. The molecule has 7 nitrogen and oxygen atoms in total. The van der Waals surface area contributed by atoms with Crippen LogP contribution in [0.3, 0.4) is 0 Å². The average molecular weight is 466 g/mol. The molecular formula is C27H31NO6. The highest BCUT2D eigenvalue weighted by Crippen LogP contribution is 2.37. The van der Waals surface area contributed by atoms with Gasteiger partial charge in [-0.3, -0.25) is 9.59 Å². The minimum Gasteiger partial charge on any atom is -0.495 e. The van der Waals surface area contributed by atoms with Gasteiger partial charge in [0.15, 0.2) is 0 Å². The van der Waals surface area contributed by atoms with Gasteiger partial charge in [0.1, 0.15) is 24.5 Å². The van der Waals surface area contributed by atoms with E-state index in [9.17, 15) is 14.9 Å². The van der Waals surface area contributed by atoms with Crippen LogP contribution in [-0.2, 0) is 36.6 Å². The molecule has 0 aromatic heterocycles. The topological polar surface area (TPSA) is 94.8 Å². The van der Waals surface area contributed by atoms with Crippen LogP contribution in [0.1, 0.15) is 67.5 Å². The molecule has 2 aromatic rings. The molecule has 0 spiro atoms. The lowest BCUT2D eigenvalue weighted by atomic mass is 9.91. The number of carbonyl (C=O) groups is 2. The van der Waals surface area contributed by atoms with Crippen molar-refractivity contribution in [1.82, 2.24) is 0 Å². The fourth-order valence-electron chi connectivity index (χ4n) is 4.26. The summed E-state index contributed by atoms with van der Waals surface area (Å²) in [6.45, 7) is 4.90. The summed E-state index contributed by atoms with van der Waals surface area (Å²) in [5.41, 5.74) is 4.47. The summed E-state index contributed by atoms with van der Waals surface area (Å²) in [4.78, 5) is 22.9. The minimum absolute atomic E-state index is 0.0770. The number of benzene rings is 2. The molecule has 0 saturated carbocycles. The van der Waals surface area contributed by atoms with Crippen LogP contribution < -0.4 is 4.74 Å². The maximum Gasteiger partial charge on any atom is 0.302 e. The van der Waals surface area contributed by atoms with Crippen LogP contribution in [-0.4, -0.2) is 37.9 Å². The Hall–Kier alpha value is -3.37. The Bertz CT molecular complexity index is 1060. The number of esters is 2. The Morgan fingerprint density at radius 1 is 1.09 bits per heavy atom. The van der Waals surface area contributed by atoms with Crippen molar-refractivity contribution < 1.29 is 28.5 Å². The van der Waals surface area contributed by atoms with Gasteiger partial charge in [-0.2, -0.15) is 5.26 Å². The molecule has 1 heterocycles. The van der Waals surface area contributed by atoms with Gasteiger partial charge in [0.05, 0.1) is 24.9 Å². The van der Waals surface area contributed by atoms with Crippen LogP contribution in [0.25, 0.3) is 0 Å². The molecule has 3 rings (SSSR count). The summed E-state index contributed by atoms with van der Waals surface area (Å²) in [6.07, 6.45) is 1.21. The Morgan fingerprint density at radius 2 is 1.79 bits per heavy atom. The van der Waals surface area contributed by atoms with Crippen molar-refractivity contribution in [2.45, 2.75) is 64.8 Å². The number of rotatable bonds is 8. The molecule has 0 bridgehead atoms. The van der Waals surface area contributed by atoms with Gasteiger partial charge in [-0.05, 0) is 41.2 Å². The molecule has 3 atom stereocenters. The van der Waals surface area contributed by atoms with Crippen LogP contribution in [0.4, 0.5) is 0 Å². The number of hydrogen-bond donors (Lipinski definition) is 0. The predicted octanol–water partition coefficient (Wildman–Crippen LogP) is 4.43. The third kappa shape index (κ3) is 6.58. The zero-order chi connectivity index (χ0) is 24.7. The van der Waals surface area contributed by atoms with E-state index >= 15 is 0 Å². The van der Waals surface area contributed by atoms with Gasteiger partial charge >= 0.3 is 11.9 Å². The summed E-state index contributed by atoms with van der Waals surface area (Å²) in [7, 11) is 1.53. The van der Waals surface area contributed by atoms with Crippen LogP contribution in [0, 0.1) is 11.3 Å². The van der Waals surface area contributed by atoms with Crippen LogP contribution >= 0.6 is 0 Å². The van der Waals surface area contributed by atoms with E-state index in [1.807, 2.05) is 6.07 Å². The van der Waals surface area contributed by atoms with Crippen molar-refractivity contribution >= 4 is 11.9 Å². The molecule has 0 unspecified atom stereocenters. The average Bonchev–Trinajstić information content (AvgIpc) is 2.82. The van der Waals surface area contributed by atoms with Crippen LogP contribution in [0.15, 0.2) is 36.4 Å². The lowest BCUT2D eigenvalue weighted by molar-refractivity contribution is -0.169. The smallest absolute Gasteiger partial charge is 0.302 e. The van der Waals surface area contributed by atoms with Crippen molar-refractivity contribution in [3.05, 3.63) is 64.2 Å². The van der Waals surface area contributed by atoms with Crippen molar-refractivity contribution in [3.63, 3.8) is 0 Å². The van der Waals surface area contributed by atoms with E-state index in [0.29, 0.717) is 30.6 Å². The third-order valence-corrected chi connectivity index (χ3v) is 5.90. The quantitative estimate of drug-likeness (QED) is 0.532. The van der Waals surface area contributed by atoms with E-state index in [1.165, 1.54) is 26.5 Å². The highest BCUT2D eigenvalue weighted by molar-refractivity contribution is 5.66. The molecule has 0 N–H and O–H groups in total. The zero-order valence-corrected chi connectivity index (χ0v) is 20.1. The molecule has 1 saturated heterocycles. The van der Waals surface area contributed by atoms with E-state index in [1.54, 1.807) is 6.07 Å². The zero-order valence-electron chi connectivity index (χ0n) is 20.1. The fourth-order valence-corrected chi connectivity index (χ4v) is 4.26. The summed E-state index contributed by atoms with van der Waals surface area (Å²) in [5.74, 6) is -0.299. The number of hydrogen-bond acceptors (Lipinski definition) is 7. The second-order valence-corrected chi connectivity index (χ2v) is 8.47. The molecule has 0 aliphatic carbocycles. The first-order valence-corrected chi connectivity index (χ1v) is 11.5. The maximum atomic E-state index is 11.6. The second-order valence-electron chi connectivity index (χ2n) is 8.47. The van der Waals surface area contributed by atoms with E-state index in [2.05, 4.69) is 37.3 Å². The highest BCUT2D eigenvalue weighted by Gasteiger charge is 2.33. The van der Waals surface area contributed by atoms with Crippen LogP contribution in [0.5, 0.6) is 5.75 Å². The minimum atomic E-state index is -0.418. The van der Waals surface area contributed by atoms with Gasteiger partial charge < -0.3 is 18.9 Å². The van der Waals surface area contributed by atoms with Crippen molar-refractivity contribution in [2.75, 3.05) is 13.7 Å². The molecular weight excluding hydrogens is 434 g/mol. The number of nitriles is 1. The number of nitrogens with zero attached hydrogens (tertiary/aromatic N) is 1. The standard InChI is InChI=1S/C27H31NO6/c1-5-19-6-8-20(9-7-19)10-21-11-22(12-27(31-4)25(21)15-28)26-14-23(33-18(3)30)13-24(34-26)16-32-17(2)29/h6-9,11-12,23-24,26H,5,10,13-14,16H2,1-4H3/t23-,24-,26+/m0/s1. The van der Waals surface area contributed by atoms with Crippen molar-refractivity contribution in [1.29, 1.82) is 5.26 Å². The van der Waals surface area contributed by atoms with E-state index in [4.69, 9.17) is 18.9 Å². The van der Waals surface area contributed by atoms with Crippen molar-refractivity contribution in [3.8, 4) is 11.8 Å². The van der Waals surface area contributed by atoms with Gasteiger partial charge in [-0.25, -0.2) is 0 Å². The molecule has 180 valence electrons. The monoisotopic (exact) mass is 465 g/mol. The molecule has 0 radical (unpaired) electrons. The van der Waals surface area contributed by atoms with E-state index < -0.39 is 18.2 Å². The van der Waals surface area contributed by atoms with Gasteiger partial charge in [-0.1, -0.05) is 37.3 Å². The third-order valence-electron chi connectivity index (χ3n) is 5.90. The van der Waals surface area contributed by atoms with Gasteiger partial charge in [0, 0.05) is 26.7 Å². The molecule has 7 heteroatoms. The van der Waals surface area contributed by atoms with Gasteiger partial charge in [0.25, 0.3) is 0 Å². The normalized spacial score (nSPS) is 19.7.